The van der Waals surface area contributed by atoms with E-state index < -0.39 is 28.5 Å². The summed E-state index contributed by atoms with van der Waals surface area (Å²) in [5, 5.41) is 2.70. The molecule has 0 saturated carbocycles. The van der Waals surface area contributed by atoms with Gasteiger partial charge in [-0.1, -0.05) is 12.1 Å². The average Bonchev–Trinajstić information content (AvgIpc) is 2.62. The molecule has 7 nitrogen and oxygen atoms in total. The van der Waals surface area contributed by atoms with Crippen LogP contribution >= 0.6 is 0 Å². The van der Waals surface area contributed by atoms with Gasteiger partial charge in [-0.05, 0) is 55.3 Å². The SMILES string of the molecule is Cc1ccc(C)c(NC(=O)COC(=O)c2ccc(S(=O)(=O)N(C)C)cc2)c1. The van der Waals surface area contributed by atoms with Crippen molar-refractivity contribution in [3.63, 3.8) is 0 Å². The van der Waals surface area contributed by atoms with E-state index >= 15 is 0 Å². The largest absolute Gasteiger partial charge is 0.452 e. The lowest BCUT2D eigenvalue weighted by Gasteiger charge is -2.12. The van der Waals surface area contributed by atoms with E-state index in [4.69, 9.17) is 4.74 Å². The van der Waals surface area contributed by atoms with Gasteiger partial charge in [-0.25, -0.2) is 17.5 Å². The highest BCUT2D eigenvalue weighted by molar-refractivity contribution is 7.89. The summed E-state index contributed by atoms with van der Waals surface area (Å²) in [7, 11) is -0.725. The molecule has 2 rings (SSSR count). The van der Waals surface area contributed by atoms with Gasteiger partial charge in [0.05, 0.1) is 10.5 Å². The van der Waals surface area contributed by atoms with E-state index in [1.807, 2.05) is 32.0 Å². The lowest BCUT2D eigenvalue weighted by Crippen LogP contribution is -2.22. The zero-order valence-corrected chi connectivity index (χ0v) is 16.5. The molecule has 0 aliphatic carbocycles. The van der Waals surface area contributed by atoms with Crippen molar-refractivity contribution in [2.45, 2.75) is 18.7 Å². The Balaban J connectivity index is 1.97. The van der Waals surface area contributed by atoms with Crippen LogP contribution in [0, 0.1) is 13.8 Å². The highest BCUT2D eigenvalue weighted by Crippen LogP contribution is 2.17. The number of amides is 1. The Bertz CT molecular complexity index is 951. The third-order valence-electron chi connectivity index (χ3n) is 3.87. The van der Waals surface area contributed by atoms with Crippen LogP contribution in [-0.2, 0) is 19.6 Å². The van der Waals surface area contributed by atoms with Gasteiger partial charge in [0.25, 0.3) is 5.91 Å². The molecule has 2 aromatic carbocycles. The topological polar surface area (TPSA) is 92.8 Å². The van der Waals surface area contributed by atoms with Gasteiger partial charge in [0.15, 0.2) is 6.61 Å². The molecule has 0 atom stereocenters. The maximum absolute atomic E-state index is 12.1. The number of anilines is 1. The number of carbonyl (C=O) groups excluding carboxylic acids is 2. The minimum Gasteiger partial charge on any atom is -0.452 e. The number of hydrogen-bond acceptors (Lipinski definition) is 5. The van der Waals surface area contributed by atoms with E-state index in [1.165, 1.54) is 38.4 Å². The molecule has 0 saturated heterocycles. The summed E-state index contributed by atoms with van der Waals surface area (Å²) in [6.45, 7) is 3.34. The van der Waals surface area contributed by atoms with Crippen molar-refractivity contribution in [2.24, 2.45) is 0 Å². The van der Waals surface area contributed by atoms with Crippen LogP contribution in [0.25, 0.3) is 0 Å². The molecule has 0 unspecified atom stereocenters. The van der Waals surface area contributed by atoms with Crippen LogP contribution in [0.1, 0.15) is 21.5 Å². The van der Waals surface area contributed by atoms with Crippen molar-refractivity contribution in [2.75, 3.05) is 26.0 Å². The predicted molar refractivity (Wildman–Crippen MR) is 102 cm³/mol. The Morgan fingerprint density at radius 3 is 2.26 bits per heavy atom. The third kappa shape index (κ3) is 5.15. The van der Waals surface area contributed by atoms with Gasteiger partial charge in [0.2, 0.25) is 10.0 Å². The molecule has 2 aromatic rings. The van der Waals surface area contributed by atoms with Crippen LogP contribution < -0.4 is 5.32 Å². The number of aryl methyl sites for hydroxylation is 2. The molecule has 0 aromatic heterocycles. The molecular formula is C19H22N2O5S. The maximum Gasteiger partial charge on any atom is 0.338 e. The lowest BCUT2D eigenvalue weighted by molar-refractivity contribution is -0.119. The maximum atomic E-state index is 12.1. The number of carbonyl (C=O) groups is 2. The number of nitrogens with zero attached hydrogens (tertiary/aromatic N) is 1. The van der Waals surface area contributed by atoms with Crippen LogP contribution in [0.4, 0.5) is 5.69 Å². The first kappa shape index (κ1) is 20.6. The summed E-state index contributed by atoms with van der Waals surface area (Å²) >= 11 is 0. The molecule has 0 aliphatic rings. The van der Waals surface area contributed by atoms with E-state index in [2.05, 4.69) is 5.32 Å². The standard InChI is InChI=1S/C19H22N2O5S/c1-13-5-6-14(2)17(11-13)20-18(22)12-26-19(23)15-7-9-16(10-8-15)27(24,25)21(3)4/h5-11H,12H2,1-4H3,(H,20,22). The van der Waals surface area contributed by atoms with Crippen molar-refractivity contribution in [1.82, 2.24) is 4.31 Å². The fraction of sp³-hybridized carbons (Fsp3) is 0.263. The van der Waals surface area contributed by atoms with E-state index in [1.54, 1.807) is 0 Å². The van der Waals surface area contributed by atoms with Crippen LogP contribution in [0.3, 0.4) is 0 Å². The lowest BCUT2D eigenvalue weighted by atomic mass is 10.1. The van der Waals surface area contributed by atoms with Crippen LogP contribution in [-0.4, -0.2) is 45.3 Å². The number of hydrogen-bond donors (Lipinski definition) is 1. The number of rotatable bonds is 6. The number of benzene rings is 2. The molecule has 8 heteroatoms. The molecule has 0 radical (unpaired) electrons. The van der Waals surface area contributed by atoms with Crippen molar-refractivity contribution >= 4 is 27.6 Å². The Kier molecular flexibility index (Phi) is 6.35. The minimum absolute atomic E-state index is 0.0664. The molecule has 0 aliphatic heterocycles. The van der Waals surface area contributed by atoms with E-state index in [-0.39, 0.29) is 10.5 Å². The average molecular weight is 390 g/mol. The summed E-state index contributed by atoms with van der Waals surface area (Å²) in [4.78, 5) is 24.1. The zero-order valence-electron chi connectivity index (χ0n) is 15.6. The van der Waals surface area contributed by atoms with Gasteiger partial charge in [-0.15, -0.1) is 0 Å². The van der Waals surface area contributed by atoms with Crippen molar-refractivity contribution in [3.05, 3.63) is 59.2 Å². The van der Waals surface area contributed by atoms with Gasteiger partial charge >= 0.3 is 5.97 Å². The van der Waals surface area contributed by atoms with E-state index in [9.17, 15) is 18.0 Å². The molecule has 0 fully saturated rings. The van der Waals surface area contributed by atoms with Crippen LogP contribution in [0.15, 0.2) is 47.4 Å². The molecule has 1 amide bonds. The monoisotopic (exact) mass is 390 g/mol. The molecule has 144 valence electrons. The van der Waals surface area contributed by atoms with Gasteiger partial charge < -0.3 is 10.1 Å². The van der Waals surface area contributed by atoms with Crippen molar-refractivity contribution in [3.8, 4) is 0 Å². The van der Waals surface area contributed by atoms with Crippen molar-refractivity contribution < 1.29 is 22.7 Å². The van der Waals surface area contributed by atoms with Gasteiger partial charge in [-0.2, -0.15) is 0 Å². The number of ether oxygens (including phenoxy) is 1. The van der Waals surface area contributed by atoms with Crippen LogP contribution in [0.5, 0.6) is 0 Å². The van der Waals surface area contributed by atoms with Crippen LogP contribution in [0.2, 0.25) is 0 Å². The number of esters is 1. The second kappa shape index (κ2) is 8.32. The molecular weight excluding hydrogens is 368 g/mol. The van der Waals surface area contributed by atoms with Crippen molar-refractivity contribution in [1.29, 1.82) is 0 Å². The summed E-state index contributed by atoms with van der Waals surface area (Å²) < 4.78 is 30.1. The Hall–Kier alpha value is -2.71. The first-order valence-electron chi connectivity index (χ1n) is 8.18. The summed E-state index contributed by atoms with van der Waals surface area (Å²) in [5.41, 5.74) is 2.72. The predicted octanol–water partition coefficient (Wildman–Crippen LogP) is 2.35. The Morgan fingerprint density at radius 2 is 1.67 bits per heavy atom. The summed E-state index contributed by atoms with van der Waals surface area (Å²) in [5.74, 6) is -1.16. The van der Waals surface area contributed by atoms with E-state index in [0.717, 1.165) is 15.4 Å². The first-order valence-corrected chi connectivity index (χ1v) is 9.62. The summed E-state index contributed by atoms with van der Waals surface area (Å²) in [6.07, 6.45) is 0. The molecule has 27 heavy (non-hydrogen) atoms. The van der Waals surface area contributed by atoms with E-state index in [0.29, 0.717) is 5.69 Å². The van der Waals surface area contributed by atoms with Gasteiger partial charge in [-0.3, -0.25) is 4.79 Å². The molecule has 1 N–H and O–H groups in total. The second-order valence-electron chi connectivity index (χ2n) is 6.25. The first-order chi connectivity index (χ1) is 12.6. The van der Waals surface area contributed by atoms with Gasteiger partial charge in [0.1, 0.15) is 0 Å². The Labute approximate surface area is 159 Å². The second-order valence-corrected chi connectivity index (χ2v) is 8.41. The number of sulfonamides is 1. The highest BCUT2D eigenvalue weighted by atomic mass is 32.2. The zero-order chi connectivity index (χ0) is 20.2. The van der Waals surface area contributed by atoms with Gasteiger partial charge in [0, 0.05) is 19.8 Å². The number of nitrogens with one attached hydrogen (secondary N) is 1. The summed E-state index contributed by atoms with van der Waals surface area (Å²) in [6, 6.07) is 11.0. The molecule has 0 heterocycles. The third-order valence-corrected chi connectivity index (χ3v) is 5.70. The highest BCUT2D eigenvalue weighted by Gasteiger charge is 2.18. The molecule has 0 spiro atoms. The quantitative estimate of drug-likeness (QED) is 0.765. The Morgan fingerprint density at radius 1 is 1.04 bits per heavy atom. The normalized spacial score (nSPS) is 11.3. The fourth-order valence-corrected chi connectivity index (χ4v) is 3.15. The smallest absolute Gasteiger partial charge is 0.338 e. The minimum atomic E-state index is -3.57. The fourth-order valence-electron chi connectivity index (χ4n) is 2.25. The molecule has 0 bridgehead atoms.